The lowest BCUT2D eigenvalue weighted by atomic mass is 10.2. The van der Waals surface area contributed by atoms with Gasteiger partial charge in [0.05, 0.1) is 11.8 Å². The molecule has 0 aromatic carbocycles. The minimum absolute atomic E-state index is 0.0324. The SMILES string of the molecule is C#CCNC(=O)/C(C#N)=C1\SC(CCc2cnc(C)[nH]2)C(=O)N1CC. The van der Waals surface area contributed by atoms with Crippen LogP contribution >= 0.6 is 11.8 Å². The first-order valence-electron chi connectivity index (χ1n) is 7.86. The topological polar surface area (TPSA) is 102 Å². The second-order valence-corrected chi connectivity index (χ2v) is 6.59. The van der Waals surface area contributed by atoms with Crippen LogP contribution in [0.25, 0.3) is 0 Å². The number of thioether (sulfide) groups is 1. The molecule has 1 fully saturated rings. The molecule has 1 atom stereocenters. The Hall–Kier alpha value is -2.71. The van der Waals surface area contributed by atoms with Crippen molar-refractivity contribution in [3.8, 4) is 18.4 Å². The first-order valence-corrected chi connectivity index (χ1v) is 8.74. The Morgan fingerprint density at radius 2 is 2.36 bits per heavy atom. The molecule has 0 aliphatic carbocycles. The number of amides is 2. The number of aryl methyl sites for hydroxylation is 2. The molecule has 1 unspecified atom stereocenters. The molecular weight excluding hydrogens is 338 g/mol. The highest BCUT2D eigenvalue weighted by Crippen LogP contribution is 2.39. The van der Waals surface area contributed by atoms with Gasteiger partial charge in [0.15, 0.2) is 0 Å². The van der Waals surface area contributed by atoms with Gasteiger partial charge in [-0.25, -0.2) is 4.98 Å². The summed E-state index contributed by atoms with van der Waals surface area (Å²) >= 11 is 1.26. The predicted octanol–water partition coefficient (Wildman–Crippen LogP) is 1.10. The number of aromatic nitrogens is 2. The summed E-state index contributed by atoms with van der Waals surface area (Å²) in [5.41, 5.74) is 0.883. The number of nitrogens with zero attached hydrogens (tertiary/aromatic N) is 3. The van der Waals surface area contributed by atoms with E-state index < -0.39 is 5.91 Å². The smallest absolute Gasteiger partial charge is 0.265 e. The Labute approximate surface area is 150 Å². The highest BCUT2D eigenvalue weighted by Gasteiger charge is 2.38. The van der Waals surface area contributed by atoms with Gasteiger partial charge in [-0.15, -0.1) is 6.42 Å². The quantitative estimate of drug-likeness (QED) is 0.451. The fourth-order valence-corrected chi connectivity index (χ4v) is 3.83. The number of nitriles is 1. The molecule has 0 spiro atoms. The van der Waals surface area contributed by atoms with Crippen molar-refractivity contribution in [3.05, 3.63) is 28.3 Å². The van der Waals surface area contributed by atoms with E-state index in [1.54, 1.807) is 6.20 Å². The lowest BCUT2D eigenvalue weighted by Gasteiger charge is -2.15. The average molecular weight is 357 g/mol. The number of rotatable bonds is 6. The summed E-state index contributed by atoms with van der Waals surface area (Å²) in [6, 6.07) is 1.90. The molecule has 25 heavy (non-hydrogen) atoms. The number of hydrogen-bond acceptors (Lipinski definition) is 5. The van der Waals surface area contributed by atoms with Crippen molar-refractivity contribution in [1.82, 2.24) is 20.2 Å². The largest absolute Gasteiger partial charge is 0.346 e. The van der Waals surface area contributed by atoms with E-state index in [1.807, 2.05) is 19.9 Å². The van der Waals surface area contributed by atoms with Crippen LogP contribution in [0.1, 0.15) is 24.9 Å². The standard InChI is InChI=1S/C17H19N5O2S/c1-4-8-19-15(23)13(9-18)17-22(5-2)16(24)14(25-17)7-6-12-10-20-11(3)21-12/h1,10,14H,5-8H2,2-3H3,(H,19,23)(H,20,21)/b17-13-. The van der Waals surface area contributed by atoms with Crippen molar-refractivity contribution < 1.29 is 9.59 Å². The van der Waals surface area contributed by atoms with E-state index in [2.05, 4.69) is 21.2 Å². The van der Waals surface area contributed by atoms with Crippen LogP contribution in [-0.2, 0) is 16.0 Å². The number of hydrogen-bond donors (Lipinski definition) is 2. The number of H-pyrrole nitrogens is 1. The molecule has 8 heteroatoms. The van der Waals surface area contributed by atoms with E-state index in [0.29, 0.717) is 24.4 Å². The summed E-state index contributed by atoms with van der Waals surface area (Å²) in [6.45, 7) is 4.11. The van der Waals surface area contributed by atoms with Gasteiger partial charge in [0, 0.05) is 18.4 Å². The molecule has 130 valence electrons. The van der Waals surface area contributed by atoms with Crippen LogP contribution in [0.3, 0.4) is 0 Å². The summed E-state index contributed by atoms with van der Waals surface area (Å²) in [5.74, 6) is 2.47. The minimum Gasteiger partial charge on any atom is -0.346 e. The normalized spacial score (nSPS) is 18.6. The number of imidazole rings is 1. The van der Waals surface area contributed by atoms with Crippen molar-refractivity contribution in [2.75, 3.05) is 13.1 Å². The zero-order chi connectivity index (χ0) is 18.4. The maximum Gasteiger partial charge on any atom is 0.265 e. The molecule has 7 nitrogen and oxygen atoms in total. The molecular formula is C17H19N5O2S. The maximum atomic E-state index is 12.6. The second-order valence-electron chi connectivity index (χ2n) is 5.40. The molecule has 1 aliphatic heterocycles. The zero-order valence-corrected chi connectivity index (χ0v) is 14.9. The van der Waals surface area contributed by atoms with Gasteiger partial charge < -0.3 is 15.2 Å². The zero-order valence-electron chi connectivity index (χ0n) is 14.1. The van der Waals surface area contributed by atoms with E-state index in [-0.39, 0.29) is 23.3 Å². The van der Waals surface area contributed by atoms with Gasteiger partial charge in [-0.05, 0) is 26.7 Å². The molecule has 0 radical (unpaired) electrons. The summed E-state index contributed by atoms with van der Waals surface area (Å²) in [7, 11) is 0. The predicted molar refractivity (Wildman–Crippen MR) is 94.9 cm³/mol. The molecule has 0 bridgehead atoms. The van der Waals surface area contributed by atoms with E-state index in [0.717, 1.165) is 11.5 Å². The van der Waals surface area contributed by atoms with Crippen molar-refractivity contribution in [3.63, 3.8) is 0 Å². The molecule has 2 rings (SSSR count). The number of aromatic amines is 1. The van der Waals surface area contributed by atoms with Crippen LogP contribution in [0.5, 0.6) is 0 Å². The van der Waals surface area contributed by atoms with Gasteiger partial charge in [-0.3, -0.25) is 9.59 Å². The summed E-state index contributed by atoms with van der Waals surface area (Å²) in [5, 5.41) is 11.9. The molecule has 1 aliphatic rings. The van der Waals surface area contributed by atoms with Crippen LogP contribution in [-0.4, -0.2) is 45.0 Å². The molecule has 2 N–H and O–H groups in total. The first-order chi connectivity index (χ1) is 12.0. The fourth-order valence-electron chi connectivity index (χ4n) is 2.50. The van der Waals surface area contributed by atoms with E-state index >= 15 is 0 Å². The van der Waals surface area contributed by atoms with Gasteiger partial charge in [0.25, 0.3) is 5.91 Å². The lowest BCUT2D eigenvalue weighted by molar-refractivity contribution is -0.127. The monoisotopic (exact) mass is 357 g/mol. The van der Waals surface area contributed by atoms with E-state index in [1.165, 1.54) is 16.7 Å². The second kappa shape index (κ2) is 8.41. The van der Waals surface area contributed by atoms with Gasteiger partial charge in [0.2, 0.25) is 5.91 Å². The molecule has 2 amide bonds. The van der Waals surface area contributed by atoms with Gasteiger partial charge >= 0.3 is 0 Å². The van der Waals surface area contributed by atoms with Crippen LogP contribution in [0.4, 0.5) is 0 Å². The third-order valence-corrected chi connectivity index (χ3v) is 5.06. The third kappa shape index (κ3) is 4.23. The third-order valence-electron chi connectivity index (χ3n) is 3.69. The Balaban J connectivity index is 2.17. The van der Waals surface area contributed by atoms with Crippen LogP contribution < -0.4 is 5.32 Å². The lowest BCUT2D eigenvalue weighted by Crippen LogP contribution is -2.31. The van der Waals surface area contributed by atoms with Gasteiger partial charge in [-0.2, -0.15) is 5.26 Å². The molecule has 1 aromatic rings. The Kier molecular flexibility index (Phi) is 6.26. The summed E-state index contributed by atoms with van der Waals surface area (Å²) in [6.07, 6.45) is 8.14. The van der Waals surface area contributed by atoms with Crippen molar-refractivity contribution in [1.29, 1.82) is 5.26 Å². The average Bonchev–Trinajstić information content (AvgIpc) is 3.15. The molecule has 2 heterocycles. The fraction of sp³-hybridized carbons (Fsp3) is 0.412. The molecule has 0 saturated carbocycles. The summed E-state index contributed by atoms with van der Waals surface area (Å²) < 4.78 is 0. The first kappa shape index (κ1) is 18.6. The Morgan fingerprint density at radius 3 is 2.92 bits per heavy atom. The van der Waals surface area contributed by atoms with Crippen LogP contribution in [0, 0.1) is 30.6 Å². The Bertz CT molecular complexity index is 784. The number of nitrogens with one attached hydrogen (secondary N) is 2. The van der Waals surface area contributed by atoms with Crippen LogP contribution in [0.2, 0.25) is 0 Å². The minimum atomic E-state index is -0.556. The highest BCUT2D eigenvalue weighted by molar-refractivity contribution is 8.04. The highest BCUT2D eigenvalue weighted by atomic mass is 32.2. The number of terminal acetylenes is 1. The molecule has 1 saturated heterocycles. The summed E-state index contributed by atoms with van der Waals surface area (Å²) in [4.78, 5) is 33.5. The Morgan fingerprint density at radius 1 is 1.60 bits per heavy atom. The number of carbonyl (C=O) groups excluding carboxylic acids is 2. The number of carbonyl (C=O) groups is 2. The van der Waals surface area contributed by atoms with Gasteiger partial charge in [-0.1, -0.05) is 17.7 Å². The van der Waals surface area contributed by atoms with Crippen molar-refractivity contribution >= 4 is 23.6 Å². The van der Waals surface area contributed by atoms with Crippen molar-refractivity contribution in [2.45, 2.75) is 31.9 Å². The van der Waals surface area contributed by atoms with E-state index in [4.69, 9.17) is 6.42 Å². The molecule has 1 aromatic heterocycles. The maximum absolute atomic E-state index is 12.6. The van der Waals surface area contributed by atoms with Crippen LogP contribution in [0.15, 0.2) is 16.8 Å². The van der Waals surface area contributed by atoms with Gasteiger partial charge in [0.1, 0.15) is 22.5 Å². The van der Waals surface area contributed by atoms with E-state index in [9.17, 15) is 14.9 Å². The van der Waals surface area contributed by atoms with Crippen molar-refractivity contribution in [2.24, 2.45) is 0 Å².